The summed E-state index contributed by atoms with van der Waals surface area (Å²) in [6.07, 6.45) is 3.37. The largest absolute Gasteiger partial charge is 0.347 e. The van der Waals surface area contributed by atoms with Gasteiger partial charge in [-0.25, -0.2) is 9.97 Å². The number of nitrogens with one attached hydrogen (secondary N) is 3. The van der Waals surface area contributed by atoms with E-state index in [-0.39, 0.29) is 5.91 Å². The quantitative estimate of drug-likeness (QED) is 0.313. The second-order valence-electron chi connectivity index (χ2n) is 8.31. The van der Waals surface area contributed by atoms with Crippen molar-refractivity contribution in [2.75, 3.05) is 5.32 Å². The second-order valence-corrected chi connectivity index (χ2v) is 8.31. The van der Waals surface area contributed by atoms with Gasteiger partial charge in [0.1, 0.15) is 11.5 Å². The van der Waals surface area contributed by atoms with Gasteiger partial charge in [0.25, 0.3) is 5.91 Å². The number of hydrogen-bond donors (Lipinski definition) is 3. The number of aryl methyl sites for hydroxylation is 2. The number of H-pyrrole nitrogens is 1. The highest BCUT2D eigenvalue weighted by Gasteiger charge is 2.11. The number of carbonyl (C=O) groups is 1. The van der Waals surface area contributed by atoms with E-state index in [1.807, 2.05) is 68.4 Å². The molecule has 0 atom stereocenters. The molecule has 178 valence electrons. The van der Waals surface area contributed by atoms with Crippen LogP contribution in [-0.4, -0.2) is 36.0 Å². The number of aromatic amines is 1. The lowest BCUT2D eigenvalue weighted by atomic mass is 10.1. The number of benzene rings is 1. The monoisotopic (exact) mass is 476 g/mol. The van der Waals surface area contributed by atoms with E-state index in [9.17, 15) is 4.79 Å². The maximum atomic E-state index is 12.6. The first-order chi connectivity index (χ1) is 17.5. The minimum atomic E-state index is -0.268. The molecule has 3 N–H and O–H groups in total. The van der Waals surface area contributed by atoms with Crippen LogP contribution in [0.15, 0.2) is 79.1 Å². The first-order valence-corrected chi connectivity index (χ1v) is 11.4. The van der Waals surface area contributed by atoms with Gasteiger partial charge in [-0.15, -0.1) is 0 Å². The standard InChI is InChI=1S/C27H24N8O/c1-17-12-24(32-25-13-18(2)34-35-25)33-26(31-17)21-9-11-23(29-16-21)27(36)30-15-19-8-10-22(28-14-19)20-6-4-3-5-7-20/h3-14,16H,15H2,1-2H3,(H,30,36)(H2,31,32,33,34,35). The van der Waals surface area contributed by atoms with Crippen molar-refractivity contribution in [1.29, 1.82) is 0 Å². The van der Waals surface area contributed by atoms with E-state index in [1.165, 1.54) is 0 Å². The summed E-state index contributed by atoms with van der Waals surface area (Å²) in [6, 6.07) is 21.0. The molecule has 0 saturated carbocycles. The van der Waals surface area contributed by atoms with Crippen LogP contribution in [0.4, 0.5) is 11.6 Å². The van der Waals surface area contributed by atoms with E-state index in [1.54, 1.807) is 24.5 Å². The van der Waals surface area contributed by atoms with Crippen LogP contribution in [-0.2, 0) is 6.54 Å². The van der Waals surface area contributed by atoms with Crippen LogP contribution in [0.2, 0.25) is 0 Å². The fourth-order valence-electron chi connectivity index (χ4n) is 3.62. The molecule has 0 saturated heterocycles. The lowest BCUT2D eigenvalue weighted by Crippen LogP contribution is -2.23. The Morgan fingerprint density at radius 2 is 1.72 bits per heavy atom. The molecule has 36 heavy (non-hydrogen) atoms. The van der Waals surface area contributed by atoms with Gasteiger partial charge in [0, 0.05) is 53.6 Å². The molecular weight excluding hydrogens is 452 g/mol. The molecule has 0 aliphatic rings. The average molecular weight is 477 g/mol. The molecule has 4 heterocycles. The molecule has 0 aliphatic heterocycles. The number of hydrogen-bond acceptors (Lipinski definition) is 7. The van der Waals surface area contributed by atoms with Crippen molar-refractivity contribution >= 4 is 17.5 Å². The van der Waals surface area contributed by atoms with Gasteiger partial charge in [-0.1, -0.05) is 36.4 Å². The van der Waals surface area contributed by atoms with Gasteiger partial charge in [-0.05, 0) is 37.6 Å². The maximum Gasteiger partial charge on any atom is 0.270 e. The van der Waals surface area contributed by atoms with E-state index in [2.05, 4.69) is 40.8 Å². The number of amides is 1. The Bertz CT molecular complexity index is 1480. The fourth-order valence-corrected chi connectivity index (χ4v) is 3.62. The molecule has 0 aliphatic carbocycles. The van der Waals surface area contributed by atoms with Gasteiger partial charge < -0.3 is 10.6 Å². The van der Waals surface area contributed by atoms with Crippen LogP contribution < -0.4 is 10.6 Å². The topological polar surface area (TPSA) is 121 Å². The molecule has 0 fully saturated rings. The van der Waals surface area contributed by atoms with Crippen LogP contribution >= 0.6 is 0 Å². The minimum Gasteiger partial charge on any atom is -0.347 e. The van der Waals surface area contributed by atoms with Crippen molar-refractivity contribution in [3.8, 4) is 22.6 Å². The van der Waals surface area contributed by atoms with Gasteiger partial charge in [-0.3, -0.25) is 19.9 Å². The summed E-state index contributed by atoms with van der Waals surface area (Å²) in [5.74, 6) is 1.54. The lowest BCUT2D eigenvalue weighted by Gasteiger charge is -2.08. The molecule has 0 spiro atoms. The summed E-state index contributed by atoms with van der Waals surface area (Å²) in [5, 5.41) is 13.1. The number of rotatable bonds is 7. The Hall–Kier alpha value is -4.92. The Kier molecular flexibility index (Phi) is 6.44. The molecule has 1 aromatic carbocycles. The number of anilines is 2. The Morgan fingerprint density at radius 3 is 2.42 bits per heavy atom. The summed E-state index contributed by atoms with van der Waals surface area (Å²) in [6.45, 7) is 4.17. The number of pyridine rings is 2. The zero-order chi connectivity index (χ0) is 24.9. The molecular formula is C27H24N8O. The molecule has 5 rings (SSSR count). The fraction of sp³-hybridized carbons (Fsp3) is 0.111. The number of carbonyl (C=O) groups excluding carboxylic acids is 1. The van der Waals surface area contributed by atoms with Gasteiger partial charge in [-0.2, -0.15) is 5.10 Å². The molecule has 5 aromatic rings. The highest BCUT2D eigenvalue weighted by Crippen LogP contribution is 2.20. The van der Waals surface area contributed by atoms with Crippen molar-refractivity contribution in [3.63, 3.8) is 0 Å². The Balaban J connectivity index is 1.23. The zero-order valence-corrected chi connectivity index (χ0v) is 19.9. The molecule has 0 radical (unpaired) electrons. The third-order valence-corrected chi connectivity index (χ3v) is 5.42. The summed E-state index contributed by atoms with van der Waals surface area (Å²) in [7, 11) is 0. The van der Waals surface area contributed by atoms with Crippen LogP contribution in [0, 0.1) is 13.8 Å². The molecule has 9 heteroatoms. The van der Waals surface area contributed by atoms with Crippen molar-refractivity contribution in [2.24, 2.45) is 0 Å². The Morgan fingerprint density at radius 1 is 0.861 bits per heavy atom. The minimum absolute atomic E-state index is 0.268. The van der Waals surface area contributed by atoms with Gasteiger partial charge >= 0.3 is 0 Å². The number of nitrogens with zero attached hydrogens (tertiary/aromatic N) is 5. The normalized spacial score (nSPS) is 10.7. The van der Waals surface area contributed by atoms with Crippen molar-refractivity contribution in [3.05, 3.63) is 102 Å². The summed E-state index contributed by atoms with van der Waals surface area (Å²) in [4.78, 5) is 30.5. The molecule has 0 unspecified atom stereocenters. The third-order valence-electron chi connectivity index (χ3n) is 5.42. The van der Waals surface area contributed by atoms with E-state index in [0.29, 0.717) is 35.3 Å². The lowest BCUT2D eigenvalue weighted by molar-refractivity contribution is 0.0946. The van der Waals surface area contributed by atoms with Crippen LogP contribution in [0.3, 0.4) is 0 Å². The first kappa shape index (κ1) is 22.9. The SMILES string of the molecule is Cc1cc(Nc2cc(C)[nH]n2)nc(-c2ccc(C(=O)NCc3ccc(-c4ccccc4)nc3)nc2)n1. The van der Waals surface area contributed by atoms with Crippen molar-refractivity contribution in [1.82, 2.24) is 35.5 Å². The summed E-state index contributed by atoms with van der Waals surface area (Å²) < 4.78 is 0. The Labute approximate surface area is 208 Å². The van der Waals surface area contributed by atoms with Crippen LogP contribution in [0.25, 0.3) is 22.6 Å². The first-order valence-electron chi connectivity index (χ1n) is 11.4. The van der Waals surface area contributed by atoms with Gasteiger partial charge in [0.15, 0.2) is 11.6 Å². The molecule has 9 nitrogen and oxygen atoms in total. The van der Waals surface area contributed by atoms with E-state index in [4.69, 9.17) is 0 Å². The smallest absolute Gasteiger partial charge is 0.270 e. The average Bonchev–Trinajstić information content (AvgIpc) is 3.32. The van der Waals surface area contributed by atoms with Crippen LogP contribution in [0.5, 0.6) is 0 Å². The van der Waals surface area contributed by atoms with Crippen molar-refractivity contribution in [2.45, 2.75) is 20.4 Å². The predicted molar refractivity (Wildman–Crippen MR) is 137 cm³/mol. The van der Waals surface area contributed by atoms with Gasteiger partial charge in [0.2, 0.25) is 0 Å². The predicted octanol–water partition coefficient (Wildman–Crippen LogP) is 4.61. The zero-order valence-electron chi connectivity index (χ0n) is 19.9. The van der Waals surface area contributed by atoms with E-state index in [0.717, 1.165) is 28.2 Å². The van der Waals surface area contributed by atoms with Gasteiger partial charge in [0.05, 0.1) is 5.69 Å². The molecule has 1 amide bonds. The summed E-state index contributed by atoms with van der Waals surface area (Å²) in [5.41, 5.74) is 5.60. The van der Waals surface area contributed by atoms with E-state index < -0.39 is 0 Å². The molecule has 0 bridgehead atoms. The maximum absolute atomic E-state index is 12.6. The van der Waals surface area contributed by atoms with E-state index >= 15 is 0 Å². The van der Waals surface area contributed by atoms with Crippen molar-refractivity contribution < 1.29 is 4.79 Å². The molecule has 4 aromatic heterocycles. The van der Waals surface area contributed by atoms with Crippen LogP contribution in [0.1, 0.15) is 27.4 Å². The third kappa shape index (κ3) is 5.41. The number of aromatic nitrogens is 6. The second kappa shape index (κ2) is 10.1. The summed E-state index contributed by atoms with van der Waals surface area (Å²) >= 11 is 0. The highest BCUT2D eigenvalue weighted by atomic mass is 16.1. The highest BCUT2D eigenvalue weighted by molar-refractivity contribution is 5.92.